The fourth-order valence-corrected chi connectivity index (χ4v) is 3.16. The number of nitrogens with one attached hydrogen (secondary N) is 1. The number of nitro groups is 1. The van der Waals surface area contributed by atoms with Crippen LogP contribution in [0, 0.1) is 10.1 Å². The molecule has 0 bridgehead atoms. The minimum Gasteiger partial charge on any atom is -0.450 e. The first-order chi connectivity index (χ1) is 13.0. The standard InChI is InChI=1S/C18H14N2O6S/c21-15(11-25-18(22)13-8-9-16(26-13)20(23)24)19-17(14-7-4-10-27-14)12-5-2-1-3-6-12/h1-10,17H,11H2,(H,19,21). The van der Waals surface area contributed by atoms with Crippen LogP contribution in [0.4, 0.5) is 5.88 Å². The van der Waals surface area contributed by atoms with E-state index in [1.54, 1.807) is 0 Å². The lowest BCUT2D eigenvalue weighted by molar-refractivity contribution is -0.402. The lowest BCUT2D eigenvalue weighted by Crippen LogP contribution is -2.32. The topological polar surface area (TPSA) is 112 Å². The zero-order valence-corrected chi connectivity index (χ0v) is 14.7. The largest absolute Gasteiger partial charge is 0.450 e. The Balaban J connectivity index is 1.62. The van der Waals surface area contributed by atoms with Crippen LogP contribution in [-0.4, -0.2) is 23.4 Å². The molecule has 1 amide bonds. The quantitative estimate of drug-likeness (QED) is 0.379. The summed E-state index contributed by atoms with van der Waals surface area (Å²) < 4.78 is 9.62. The maximum atomic E-state index is 12.2. The minimum absolute atomic E-state index is 0.340. The average molecular weight is 386 g/mol. The first-order valence-electron chi connectivity index (χ1n) is 7.83. The smallest absolute Gasteiger partial charge is 0.433 e. The molecule has 1 aromatic carbocycles. The fraction of sp³-hybridized carbons (Fsp3) is 0.111. The molecule has 0 spiro atoms. The number of amides is 1. The molecule has 3 aromatic rings. The monoisotopic (exact) mass is 386 g/mol. The molecule has 138 valence electrons. The Hall–Kier alpha value is -3.46. The van der Waals surface area contributed by atoms with Crippen molar-refractivity contribution in [3.8, 4) is 0 Å². The van der Waals surface area contributed by atoms with Crippen molar-refractivity contribution in [2.45, 2.75) is 6.04 Å². The van der Waals surface area contributed by atoms with Gasteiger partial charge in [0.2, 0.25) is 5.76 Å². The number of rotatable bonds is 7. The number of hydrogen-bond donors (Lipinski definition) is 1. The number of benzene rings is 1. The van der Waals surface area contributed by atoms with E-state index in [0.29, 0.717) is 0 Å². The van der Waals surface area contributed by atoms with Crippen LogP contribution in [0.15, 0.2) is 64.4 Å². The van der Waals surface area contributed by atoms with Crippen molar-refractivity contribution in [1.29, 1.82) is 0 Å². The zero-order valence-electron chi connectivity index (χ0n) is 13.9. The summed E-state index contributed by atoms with van der Waals surface area (Å²) >= 11 is 1.49. The number of carbonyl (C=O) groups is 2. The third-order valence-electron chi connectivity index (χ3n) is 3.57. The summed E-state index contributed by atoms with van der Waals surface area (Å²) in [4.78, 5) is 34.8. The van der Waals surface area contributed by atoms with Gasteiger partial charge in [-0.15, -0.1) is 11.3 Å². The van der Waals surface area contributed by atoms with Gasteiger partial charge in [0.15, 0.2) is 6.61 Å². The molecule has 9 heteroatoms. The SMILES string of the molecule is O=C(COC(=O)c1ccc([N+](=O)[O-])o1)NC(c1ccccc1)c1cccs1. The van der Waals surface area contributed by atoms with E-state index in [-0.39, 0.29) is 11.8 Å². The van der Waals surface area contributed by atoms with Gasteiger partial charge in [-0.3, -0.25) is 14.9 Å². The molecule has 0 saturated carbocycles. The van der Waals surface area contributed by atoms with Gasteiger partial charge < -0.3 is 14.5 Å². The van der Waals surface area contributed by atoms with Crippen molar-refractivity contribution in [2.24, 2.45) is 0 Å². The van der Waals surface area contributed by atoms with Crippen LogP contribution in [0.1, 0.15) is 27.0 Å². The fourth-order valence-electron chi connectivity index (χ4n) is 2.36. The number of hydrogen-bond acceptors (Lipinski definition) is 7. The van der Waals surface area contributed by atoms with Crippen LogP contribution in [-0.2, 0) is 9.53 Å². The molecule has 3 rings (SSSR count). The number of nitrogens with zero attached hydrogens (tertiary/aromatic N) is 1. The molecule has 1 unspecified atom stereocenters. The molecular formula is C18H14N2O6S. The van der Waals surface area contributed by atoms with Crippen LogP contribution in [0.5, 0.6) is 0 Å². The molecule has 1 atom stereocenters. The Morgan fingerprint density at radius 1 is 1.15 bits per heavy atom. The maximum Gasteiger partial charge on any atom is 0.433 e. The minimum atomic E-state index is -0.953. The van der Waals surface area contributed by atoms with E-state index < -0.39 is 29.3 Å². The van der Waals surface area contributed by atoms with Gasteiger partial charge in [0.05, 0.1) is 12.1 Å². The third kappa shape index (κ3) is 4.59. The van der Waals surface area contributed by atoms with Crippen molar-refractivity contribution < 1.29 is 23.7 Å². The Labute approximate surface area is 157 Å². The molecule has 0 aliphatic rings. The molecule has 0 radical (unpaired) electrons. The molecule has 0 aliphatic carbocycles. The molecule has 0 aliphatic heterocycles. The summed E-state index contributed by atoms with van der Waals surface area (Å²) in [5, 5.41) is 15.3. The first kappa shape index (κ1) is 18.3. The van der Waals surface area contributed by atoms with Gasteiger partial charge in [-0.1, -0.05) is 36.4 Å². The van der Waals surface area contributed by atoms with Crippen molar-refractivity contribution in [2.75, 3.05) is 6.61 Å². The van der Waals surface area contributed by atoms with Gasteiger partial charge in [0.1, 0.15) is 4.92 Å². The number of thiophene rings is 1. The molecule has 2 heterocycles. The van der Waals surface area contributed by atoms with Crippen molar-refractivity contribution in [3.63, 3.8) is 0 Å². The van der Waals surface area contributed by atoms with Gasteiger partial charge >= 0.3 is 11.9 Å². The van der Waals surface area contributed by atoms with Gasteiger partial charge in [0.25, 0.3) is 5.91 Å². The van der Waals surface area contributed by atoms with Crippen LogP contribution >= 0.6 is 11.3 Å². The van der Waals surface area contributed by atoms with Crippen molar-refractivity contribution >= 4 is 29.1 Å². The molecular weight excluding hydrogens is 372 g/mol. The molecule has 27 heavy (non-hydrogen) atoms. The van der Waals surface area contributed by atoms with Gasteiger partial charge in [-0.2, -0.15) is 0 Å². The van der Waals surface area contributed by atoms with E-state index in [2.05, 4.69) is 5.32 Å². The first-order valence-corrected chi connectivity index (χ1v) is 8.71. The van der Waals surface area contributed by atoms with E-state index >= 15 is 0 Å². The molecule has 2 aromatic heterocycles. The normalized spacial score (nSPS) is 11.6. The molecule has 0 fully saturated rings. The van der Waals surface area contributed by atoms with E-state index in [4.69, 9.17) is 9.15 Å². The second-order valence-corrected chi connectivity index (χ2v) is 6.38. The highest BCUT2D eigenvalue weighted by Gasteiger charge is 2.21. The Kier molecular flexibility index (Phi) is 5.62. The summed E-state index contributed by atoms with van der Waals surface area (Å²) in [5.74, 6) is -2.38. The lowest BCUT2D eigenvalue weighted by atomic mass is 10.1. The molecule has 1 N–H and O–H groups in total. The summed E-state index contributed by atoms with van der Waals surface area (Å²) in [5.41, 5.74) is 0.890. The maximum absolute atomic E-state index is 12.2. The average Bonchev–Trinajstić information content (AvgIpc) is 3.36. The van der Waals surface area contributed by atoms with Crippen molar-refractivity contribution in [1.82, 2.24) is 5.32 Å². The van der Waals surface area contributed by atoms with Crippen LogP contribution in [0.3, 0.4) is 0 Å². The van der Waals surface area contributed by atoms with E-state index in [1.165, 1.54) is 11.3 Å². The van der Waals surface area contributed by atoms with Gasteiger partial charge in [-0.05, 0) is 23.1 Å². The molecule has 8 nitrogen and oxygen atoms in total. The van der Waals surface area contributed by atoms with Crippen molar-refractivity contribution in [3.05, 3.63) is 86.3 Å². The summed E-state index contributed by atoms with van der Waals surface area (Å²) in [7, 11) is 0. The third-order valence-corrected chi connectivity index (χ3v) is 4.51. The summed E-state index contributed by atoms with van der Waals surface area (Å²) in [6.45, 7) is -0.540. The lowest BCUT2D eigenvalue weighted by Gasteiger charge is -2.18. The highest BCUT2D eigenvalue weighted by Crippen LogP contribution is 2.25. The molecule has 0 saturated heterocycles. The van der Waals surface area contributed by atoms with Crippen LogP contribution in [0.25, 0.3) is 0 Å². The number of carbonyl (C=O) groups excluding carboxylic acids is 2. The van der Waals surface area contributed by atoms with Crippen LogP contribution < -0.4 is 5.32 Å². The Morgan fingerprint density at radius 3 is 2.56 bits per heavy atom. The van der Waals surface area contributed by atoms with E-state index in [1.807, 2.05) is 47.8 Å². The number of ether oxygens (including phenoxy) is 1. The second kappa shape index (κ2) is 8.28. The predicted molar refractivity (Wildman–Crippen MR) is 96.4 cm³/mol. The van der Waals surface area contributed by atoms with E-state index in [9.17, 15) is 19.7 Å². The highest BCUT2D eigenvalue weighted by atomic mass is 32.1. The highest BCUT2D eigenvalue weighted by molar-refractivity contribution is 7.10. The summed E-state index contributed by atoms with van der Waals surface area (Å²) in [6, 6.07) is 15.0. The van der Waals surface area contributed by atoms with Gasteiger partial charge in [-0.25, -0.2) is 4.79 Å². The Morgan fingerprint density at radius 2 is 1.93 bits per heavy atom. The zero-order chi connectivity index (χ0) is 19.2. The number of furan rings is 1. The van der Waals surface area contributed by atoms with E-state index in [0.717, 1.165) is 22.6 Å². The second-order valence-electron chi connectivity index (χ2n) is 5.40. The van der Waals surface area contributed by atoms with Gasteiger partial charge in [0, 0.05) is 4.88 Å². The Bertz CT molecular complexity index is 936. The predicted octanol–water partition coefficient (Wildman–Crippen LogP) is 3.31. The van der Waals surface area contributed by atoms with Crippen LogP contribution in [0.2, 0.25) is 0 Å². The summed E-state index contributed by atoms with van der Waals surface area (Å²) in [6.07, 6.45) is 0. The number of esters is 1.